The van der Waals surface area contributed by atoms with Crippen molar-refractivity contribution in [3.63, 3.8) is 0 Å². The smallest absolute Gasteiger partial charge is 0.0685 e. The lowest BCUT2D eigenvalue weighted by molar-refractivity contribution is -0.131. The van der Waals surface area contributed by atoms with E-state index < -0.39 is 0 Å². The predicted octanol–water partition coefficient (Wildman–Crippen LogP) is 4.41. The van der Waals surface area contributed by atoms with Gasteiger partial charge in [-0.1, -0.05) is 33.1 Å². The molecule has 0 aromatic carbocycles. The van der Waals surface area contributed by atoms with Gasteiger partial charge in [0.1, 0.15) is 0 Å². The Labute approximate surface area is 124 Å². The Hall–Kier alpha value is -0.0800. The quantitative estimate of drug-likeness (QED) is 0.771. The van der Waals surface area contributed by atoms with E-state index in [1.807, 2.05) is 0 Å². The van der Waals surface area contributed by atoms with Crippen molar-refractivity contribution in [2.24, 2.45) is 17.1 Å². The van der Waals surface area contributed by atoms with E-state index >= 15 is 0 Å². The molecule has 116 valence electrons. The van der Waals surface area contributed by atoms with Gasteiger partial charge in [-0.3, -0.25) is 0 Å². The van der Waals surface area contributed by atoms with E-state index in [0.29, 0.717) is 11.3 Å². The van der Waals surface area contributed by atoms with Crippen LogP contribution in [-0.4, -0.2) is 17.7 Å². The molecule has 0 aromatic heterocycles. The third-order valence-corrected chi connectivity index (χ3v) is 6.61. The van der Waals surface area contributed by atoms with Crippen molar-refractivity contribution in [1.82, 2.24) is 0 Å². The van der Waals surface area contributed by atoms with Gasteiger partial charge in [-0.2, -0.15) is 0 Å². The van der Waals surface area contributed by atoms with E-state index in [2.05, 4.69) is 13.8 Å². The third kappa shape index (κ3) is 2.92. The van der Waals surface area contributed by atoms with Crippen LogP contribution in [0.15, 0.2) is 0 Å². The highest BCUT2D eigenvalue weighted by Crippen LogP contribution is 2.49. The van der Waals surface area contributed by atoms with Crippen LogP contribution in [0.1, 0.15) is 84.5 Å². The zero-order valence-electron chi connectivity index (χ0n) is 13.5. The molecule has 2 nitrogen and oxygen atoms in total. The molecule has 2 aliphatic carbocycles. The van der Waals surface area contributed by atoms with Crippen LogP contribution in [-0.2, 0) is 4.74 Å². The van der Waals surface area contributed by atoms with Gasteiger partial charge in [0, 0.05) is 12.1 Å². The number of rotatable bonds is 1. The van der Waals surface area contributed by atoms with Crippen molar-refractivity contribution >= 4 is 0 Å². The SMILES string of the molecule is CC1(C)CCC(N)(C2CCOC3(CCCCC3)C2)CC1. The molecular weight excluding hydrogens is 246 g/mol. The largest absolute Gasteiger partial charge is 0.375 e. The minimum atomic E-state index is 0.101. The van der Waals surface area contributed by atoms with Crippen LogP contribution < -0.4 is 5.73 Å². The summed E-state index contributed by atoms with van der Waals surface area (Å²) in [6.45, 7) is 5.76. The minimum absolute atomic E-state index is 0.101. The summed E-state index contributed by atoms with van der Waals surface area (Å²) in [5.74, 6) is 0.699. The molecule has 1 spiro atoms. The van der Waals surface area contributed by atoms with E-state index in [-0.39, 0.29) is 11.1 Å². The minimum Gasteiger partial charge on any atom is -0.375 e. The van der Waals surface area contributed by atoms with Gasteiger partial charge in [0.05, 0.1) is 5.60 Å². The first-order valence-corrected chi connectivity index (χ1v) is 8.86. The lowest BCUT2D eigenvalue weighted by Gasteiger charge is -2.52. The van der Waals surface area contributed by atoms with Gasteiger partial charge in [-0.15, -0.1) is 0 Å². The normalized spacial score (nSPS) is 35.9. The molecule has 0 aromatic rings. The molecule has 3 rings (SSSR count). The molecular formula is C18H33NO. The van der Waals surface area contributed by atoms with Crippen LogP contribution in [0.25, 0.3) is 0 Å². The van der Waals surface area contributed by atoms with E-state index in [4.69, 9.17) is 10.5 Å². The lowest BCUT2D eigenvalue weighted by atomic mass is 9.61. The summed E-state index contributed by atoms with van der Waals surface area (Å²) in [6, 6.07) is 0. The highest BCUT2D eigenvalue weighted by Gasteiger charge is 2.47. The number of nitrogens with two attached hydrogens (primary N) is 1. The molecule has 1 unspecified atom stereocenters. The van der Waals surface area contributed by atoms with Gasteiger partial charge in [0.2, 0.25) is 0 Å². The summed E-state index contributed by atoms with van der Waals surface area (Å²) in [7, 11) is 0. The Morgan fingerprint density at radius 1 is 0.900 bits per heavy atom. The van der Waals surface area contributed by atoms with E-state index in [1.165, 1.54) is 70.6 Å². The Balaban J connectivity index is 1.67. The van der Waals surface area contributed by atoms with Crippen LogP contribution in [0.2, 0.25) is 0 Å². The van der Waals surface area contributed by atoms with Crippen LogP contribution in [0.5, 0.6) is 0 Å². The summed E-state index contributed by atoms with van der Waals surface area (Å²) in [4.78, 5) is 0. The molecule has 2 N–H and O–H groups in total. The van der Waals surface area contributed by atoms with Crippen LogP contribution >= 0.6 is 0 Å². The summed E-state index contributed by atoms with van der Waals surface area (Å²) < 4.78 is 6.26. The molecule has 3 fully saturated rings. The van der Waals surface area contributed by atoms with Gasteiger partial charge in [-0.05, 0) is 62.7 Å². The van der Waals surface area contributed by atoms with Crippen molar-refractivity contribution in [3.8, 4) is 0 Å². The maximum atomic E-state index is 6.89. The lowest BCUT2D eigenvalue weighted by Crippen LogP contribution is -2.56. The van der Waals surface area contributed by atoms with Crippen molar-refractivity contribution < 1.29 is 4.74 Å². The first-order chi connectivity index (χ1) is 9.43. The second kappa shape index (κ2) is 5.28. The molecule has 1 atom stereocenters. The molecule has 0 bridgehead atoms. The zero-order chi connectivity index (χ0) is 14.3. The molecule has 1 heterocycles. The fourth-order valence-corrected chi connectivity index (χ4v) is 4.86. The molecule has 0 radical (unpaired) electrons. The van der Waals surface area contributed by atoms with Gasteiger partial charge in [0.15, 0.2) is 0 Å². The Morgan fingerprint density at radius 2 is 1.55 bits per heavy atom. The molecule has 1 aliphatic heterocycles. The van der Waals surface area contributed by atoms with Gasteiger partial charge in [0.25, 0.3) is 0 Å². The topological polar surface area (TPSA) is 35.2 Å². The number of hydrogen-bond donors (Lipinski definition) is 1. The summed E-state index contributed by atoms with van der Waals surface area (Å²) in [5, 5.41) is 0. The molecule has 0 amide bonds. The number of hydrogen-bond acceptors (Lipinski definition) is 2. The second-order valence-electron chi connectivity index (χ2n) is 8.68. The fraction of sp³-hybridized carbons (Fsp3) is 1.00. The molecule has 1 saturated heterocycles. The molecule has 2 saturated carbocycles. The van der Waals surface area contributed by atoms with E-state index in [9.17, 15) is 0 Å². The number of ether oxygens (including phenoxy) is 1. The van der Waals surface area contributed by atoms with E-state index in [1.54, 1.807) is 0 Å². The van der Waals surface area contributed by atoms with Crippen molar-refractivity contribution in [3.05, 3.63) is 0 Å². The summed E-state index contributed by atoms with van der Waals surface area (Å²) >= 11 is 0. The highest BCUT2D eigenvalue weighted by molar-refractivity contribution is 5.02. The third-order valence-electron chi connectivity index (χ3n) is 6.61. The van der Waals surface area contributed by atoms with Crippen LogP contribution in [0.4, 0.5) is 0 Å². The van der Waals surface area contributed by atoms with E-state index in [0.717, 1.165) is 6.61 Å². The standard InChI is InChI=1S/C18H33NO/c1-16(2)9-11-18(19,12-10-16)15-6-13-20-17(14-15)7-4-3-5-8-17/h15H,3-14,19H2,1-2H3. The first kappa shape index (κ1) is 14.8. The monoisotopic (exact) mass is 279 g/mol. The Kier molecular flexibility index (Phi) is 3.92. The Morgan fingerprint density at radius 3 is 2.20 bits per heavy atom. The fourth-order valence-electron chi connectivity index (χ4n) is 4.86. The van der Waals surface area contributed by atoms with Crippen LogP contribution in [0, 0.1) is 11.3 Å². The average molecular weight is 279 g/mol. The predicted molar refractivity (Wildman–Crippen MR) is 83.7 cm³/mol. The molecule has 2 heteroatoms. The second-order valence-corrected chi connectivity index (χ2v) is 8.68. The molecule has 20 heavy (non-hydrogen) atoms. The van der Waals surface area contributed by atoms with Crippen molar-refractivity contribution in [2.45, 2.75) is 95.6 Å². The maximum Gasteiger partial charge on any atom is 0.0685 e. The van der Waals surface area contributed by atoms with Crippen molar-refractivity contribution in [1.29, 1.82) is 0 Å². The Bertz CT molecular complexity index is 328. The van der Waals surface area contributed by atoms with Crippen molar-refractivity contribution in [2.75, 3.05) is 6.61 Å². The van der Waals surface area contributed by atoms with Gasteiger partial charge in [-0.25, -0.2) is 0 Å². The van der Waals surface area contributed by atoms with Crippen LogP contribution in [0.3, 0.4) is 0 Å². The highest BCUT2D eigenvalue weighted by atomic mass is 16.5. The average Bonchev–Trinajstić information content (AvgIpc) is 2.44. The van der Waals surface area contributed by atoms with Gasteiger partial charge >= 0.3 is 0 Å². The first-order valence-electron chi connectivity index (χ1n) is 8.86. The summed E-state index contributed by atoms with van der Waals surface area (Å²) in [5.41, 5.74) is 7.71. The summed E-state index contributed by atoms with van der Waals surface area (Å²) in [6.07, 6.45) is 14.2. The molecule has 3 aliphatic rings. The zero-order valence-corrected chi connectivity index (χ0v) is 13.5. The maximum absolute atomic E-state index is 6.89. The van der Waals surface area contributed by atoms with Gasteiger partial charge < -0.3 is 10.5 Å².